The molecular weight excluding hydrogens is 409 g/mol. The first-order valence-corrected chi connectivity index (χ1v) is 10.6. The summed E-state index contributed by atoms with van der Waals surface area (Å²) in [4.78, 5) is 14.5. The number of benzene rings is 1. The van der Waals surface area contributed by atoms with Crippen LogP contribution in [0.3, 0.4) is 0 Å². The second-order valence-corrected chi connectivity index (χ2v) is 8.42. The largest absolute Gasteiger partial charge is 0.497 e. The summed E-state index contributed by atoms with van der Waals surface area (Å²) in [5.41, 5.74) is 1.57. The Bertz CT molecular complexity index is 935. The van der Waals surface area contributed by atoms with Crippen LogP contribution in [0.5, 0.6) is 5.75 Å². The van der Waals surface area contributed by atoms with Crippen LogP contribution in [0.25, 0.3) is 0 Å². The molecule has 2 aliphatic rings. The molecule has 9 heteroatoms. The maximum atomic E-state index is 13.5. The van der Waals surface area contributed by atoms with Crippen LogP contribution in [0, 0.1) is 0 Å². The normalized spacial score (nSPS) is 22.0. The van der Waals surface area contributed by atoms with Crippen molar-refractivity contribution >= 4 is 11.7 Å². The van der Waals surface area contributed by atoms with Gasteiger partial charge in [0.25, 0.3) is 0 Å². The zero-order chi connectivity index (χ0) is 22.2. The molecule has 4 rings (SSSR count). The van der Waals surface area contributed by atoms with E-state index in [2.05, 4.69) is 10.4 Å². The number of nitrogens with one attached hydrogen (secondary N) is 1. The minimum atomic E-state index is -4.33. The summed E-state index contributed by atoms with van der Waals surface area (Å²) in [6.45, 7) is 2.89. The van der Waals surface area contributed by atoms with Gasteiger partial charge in [0.1, 0.15) is 11.6 Å². The fourth-order valence-electron chi connectivity index (χ4n) is 4.47. The van der Waals surface area contributed by atoms with E-state index in [1.54, 1.807) is 20.1 Å². The number of likely N-dealkylation sites (tertiary alicyclic amines) is 1. The van der Waals surface area contributed by atoms with Crippen LogP contribution in [-0.4, -0.2) is 53.0 Å². The van der Waals surface area contributed by atoms with Crippen LogP contribution in [0.1, 0.15) is 49.4 Å². The standard InChI is InChI=1S/C22H27F3N4O2/c1-14-10-19(22(23,24)25)29-20(26-14)13-18(27-29)16-6-8-28(9-7-16)21(30)12-15-4-3-5-17(11-15)31-2/h3-5,11,13-14,16,19,26H,6-10,12H2,1-2H3/t14-,19-/m1/s1. The highest BCUT2D eigenvalue weighted by Gasteiger charge is 2.45. The predicted molar refractivity (Wildman–Crippen MR) is 110 cm³/mol. The van der Waals surface area contributed by atoms with Gasteiger partial charge in [0, 0.05) is 31.1 Å². The Labute approximate surface area is 179 Å². The Morgan fingerprint density at radius 2 is 2.00 bits per heavy atom. The quantitative estimate of drug-likeness (QED) is 0.783. The average Bonchev–Trinajstić information content (AvgIpc) is 3.16. The summed E-state index contributed by atoms with van der Waals surface area (Å²) in [5.74, 6) is 1.23. The third-order valence-electron chi connectivity index (χ3n) is 6.15. The number of methoxy groups -OCH3 is 1. The highest BCUT2D eigenvalue weighted by atomic mass is 19.4. The maximum absolute atomic E-state index is 13.5. The fourth-order valence-corrected chi connectivity index (χ4v) is 4.47. The van der Waals surface area contributed by atoms with E-state index in [0.717, 1.165) is 10.2 Å². The lowest BCUT2D eigenvalue weighted by atomic mass is 9.93. The van der Waals surface area contributed by atoms with Gasteiger partial charge in [0.05, 0.1) is 19.2 Å². The lowest BCUT2D eigenvalue weighted by Crippen LogP contribution is -2.39. The molecule has 2 aliphatic heterocycles. The molecule has 2 atom stereocenters. The topological polar surface area (TPSA) is 59.4 Å². The molecule has 0 spiro atoms. The molecule has 0 bridgehead atoms. The van der Waals surface area contributed by atoms with Crippen LogP contribution in [0.15, 0.2) is 30.3 Å². The number of piperidine rings is 1. The number of anilines is 1. The van der Waals surface area contributed by atoms with Crippen LogP contribution in [0.4, 0.5) is 19.0 Å². The number of carbonyl (C=O) groups is 1. The molecule has 1 saturated heterocycles. The molecule has 6 nitrogen and oxygen atoms in total. The lowest BCUT2D eigenvalue weighted by Gasteiger charge is -2.32. The second kappa shape index (κ2) is 8.43. The number of hydrogen-bond acceptors (Lipinski definition) is 4. The molecule has 1 fully saturated rings. The number of halogens is 3. The van der Waals surface area contributed by atoms with Crippen molar-refractivity contribution in [3.05, 3.63) is 41.6 Å². The van der Waals surface area contributed by atoms with Gasteiger partial charge in [-0.2, -0.15) is 18.3 Å². The summed E-state index contributed by atoms with van der Waals surface area (Å²) in [5, 5.41) is 7.44. The van der Waals surface area contributed by atoms with Crippen molar-refractivity contribution < 1.29 is 22.7 Å². The van der Waals surface area contributed by atoms with Gasteiger partial charge in [-0.25, -0.2) is 4.68 Å². The zero-order valence-electron chi connectivity index (χ0n) is 17.7. The van der Waals surface area contributed by atoms with Crippen LogP contribution >= 0.6 is 0 Å². The van der Waals surface area contributed by atoms with E-state index < -0.39 is 12.2 Å². The number of fused-ring (bicyclic) bond motifs is 1. The Morgan fingerprint density at radius 1 is 1.26 bits per heavy atom. The third kappa shape index (κ3) is 4.65. The molecule has 0 unspecified atom stereocenters. The van der Waals surface area contributed by atoms with E-state index in [-0.39, 0.29) is 24.3 Å². The minimum absolute atomic E-state index is 0.0329. The number of hydrogen-bond donors (Lipinski definition) is 1. The highest BCUT2D eigenvalue weighted by Crippen LogP contribution is 2.41. The molecular formula is C22H27F3N4O2. The predicted octanol–water partition coefficient (Wildman–Crippen LogP) is 4.15. The Morgan fingerprint density at radius 3 is 2.68 bits per heavy atom. The molecule has 168 valence electrons. The zero-order valence-corrected chi connectivity index (χ0v) is 17.7. The molecule has 0 saturated carbocycles. The maximum Gasteiger partial charge on any atom is 0.410 e. The first-order chi connectivity index (χ1) is 14.7. The average molecular weight is 436 g/mol. The summed E-state index contributed by atoms with van der Waals surface area (Å²) in [6, 6.07) is 7.32. The van der Waals surface area contributed by atoms with Gasteiger partial charge in [-0.3, -0.25) is 4.79 Å². The van der Waals surface area contributed by atoms with Gasteiger partial charge in [-0.05, 0) is 43.9 Å². The Balaban J connectivity index is 1.39. The van der Waals surface area contributed by atoms with E-state index in [0.29, 0.717) is 49.6 Å². The van der Waals surface area contributed by atoms with Crippen molar-refractivity contribution in [2.24, 2.45) is 0 Å². The molecule has 2 aromatic rings. The van der Waals surface area contributed by atoms with E-state index in [9.17, 15) is 18.0 Å². The number of aromatic nitrogens is 2. The molecule has 1 amide bonds. The first kappa shape index (κ1) is 21.5. The van der Waals surface area contributed by atoms with Gasteiger partial charge in [-0.1, -0.05) is 12.1 Å². The lowest BCUT2D eigenvalue weighted by molar-refractivity contribution is -0.173. The third-order valence-corrected chi connectivity index (χ3v) is 6.15. The van der Waals surface area contributed by atoms with Crippen molar-refractivity contribution in [3.8, 4) is 5.75 Å². The molecule has 31 heavy (non-hydrogen) atoms. The van der Waals surface area contributed by atoms with Crippen molar-refractivity contribution in [1.29, 1.82) is 0 Å². The molecule has 1 N–H and O–H groups in total. The van der Waals surface area contributed by atoms with Crippen molar-refractivity contribution in [1.82, 2.24) is 14.7 Å². The van der Waals surface area contributed by atoms with Gasteiger partial charge in [0.2, 0.25) is 5.91 Å². The Hall–Kier alpha value is -2.71. The van der Waals surface area contributed by atoms with E-state index in [1.807, 2.05) is 29.2 Å². The molecule has 0 aliphatic carbocycles. The summed E-state index contributed by atoms with van der Waals surface area (Å²) in [6.07, 6.45) is -2.69. The summed E-state index contributed by atoms with van der Waals surface area (Å²) in [7, 11) is 1.59. The molecule has 1 aromatic carbocycles. The van der Waals surface area contributed by atoms with Gasteiger partial charge >= 0.3 is 6.18 Å². The van der Waals surface area contributed by atoms with Gasteiger partial charge in [0.15, 0.2) is 6.04 Å². The molecule has 3 heterocycles. The Kier molecular flexibility index (Phi) is 5.85. The minimum Gasteiger partial charge on any atom is -0.497 e. The van der Waals surface area contributed by atoms with Gasteiger partial charge < -0.3 is 15.0 Å². The van der Waals surface area contributed by atoms with Crippen LogP contribution in [0.2, 0.25) is 0 Å². The van der Waals surface area contributed by atoms with Crippen molar-refractivity contribution in [2.75, 3.05) is 25.5 Å². The van der Waals surface area contributed by atoms with Crippen molar-refractivity contribution in [3.63, 3.8) is 0 Å². The number of alkyl halides is 3. The van der Waals surface area contributed by atoms with Crippen molar-refractivity contribution in [2.45, 2.75) is 56.8 Å². The number of rotatable bonds is 4. The fraction of sp³-hybridized carbons (Fsp3) is 0.545. The monoisotopic (exact) mass is 436 g/mol. The SMILES string of the molecule is COc1cccc(CC(=O)N2CCC(c3cc4n(n3)[C@@H](C(F)(F)F)C[C@@H](C)N4)CC2)c1. The van der Waals surface area contributed by atoms with Gasteiger partial charge in [-0.15, -0.1) is 0 Å². The molecule has 1 aromatic heterocycles. The van der Waals surface area contributed by atoms with Crippen LogP contribution in [-0.2, 0) is 11.2 Å². The highest BCUT2D eigenvalue weighted by molar-refractivity contribution is 5.79. The first-order valence-electron chi connectivity index (χ1n) is 10.6. The van der Waals surface area contributed by atoms with E-state index >= 15 is 0 Å². The second-order valence-electron chi connectivity index (χ2n) is 8.42. The van der Waals surface area contributed by atoms with E-state index in [1.165, 1.54) is 0 Å². The molecule has 0 radical (unpaired) electrons. The van der Waals surface area contributed by atoms with Crippen LogP contribution < -0.4 is 10.1 Å². The summed E-state index contributed by atoms with van der Waals surface area (Å²) < 4.78 is 46.7. The summed E-state index contributed by atoms with van der Waals surface area (Å²) >= 11 is 0. The smallest absolute Gasteiger partial charge is 0.410 e. The number of amides is 1. The number of carbonyl (C=O) groups excluding carboxylic acids is 1. The number of ether oxygens (including phenoxy) is 1. The van der Waals surface area contributed by atoms with E-state index in [4.69, 9.17) is 4.74 Å². The number of nitrogens with zero attached hydrogens (tertiary/aromatic N) is 3.